The number of carbonyl (C=O) groups is 3. The highest BCUT2D eigenvalue weighted by molar-refractivity contribution is 14.1. The number of hydrogen-bond acceptors (Lipinski definition) is 9. The fourth-order valence-corrected chi connectivity index (χ4v) is 9.09. The van der Waals surface area contributed by atoms with Gasteiger partial charge in [0.1, 0.15) is 28.1 Å². The van der Waals surface area contributed by atoms with Crippen molar-refractivity contribution < 1.29 is 41.6 Å². The number of aryl methyl sites for hydroxylation is 1. The van der Waals surface area contributed by atoms with Crippen LogP contribution in [0.4, 0.5) is 0 Å². The number of rotatable bonds is 6. The summed E-state index contributed by atoms with van der Waals surface area (Å²) in [5.74, 6) is -4.30. The molecule has 2 saturated carbocycles. The highest BCUT2D eigenvalue weighted by atomic mass is 127. The second-order valence-corrected chi connectivity index (χ2v) is 15.2. The van der Waals surface area contributed by atoms with Gasteiger partial charge >= 0.3 is 17.9 Å². The van der Waals surface area contributed by atoms with E-state index in [9.17, 15) is 27.4 Å². The van der Waals surface area contributed by atoms with Gasteiger partial charge in [0.2, 0.25) is 0 Å². The molecule has 1 aliphatic heterocycles. The maximum Gasteiger partial charge on any atom is 0.339 e. The van der Waals surface area contributed by atoms with E-state index in [2.05, 4.69) is 67.8 Å². The number of fused-ring (bicyclic) bond motifs is 1. The first-order chi connectivity index (χ1) is 18.2. The molecule has 6 atom stereocenters. The summed E-state index contributed by atoms with van der Waals surface area (Å²) in [5.41, 5.74) is 0.928. The van der Waals surface area contributed by atoms with Crippen molar-refractivity contribution in [2.75, 3.05) is 0 Å². The van der Waals surface area contributed by atoms with E-state index >= 15 is 0 Å². The van der Waals surface area contributed by atoms with Crippen molar-refractivity contribution >= 4 is 95.8 Å². The average molecular weight is 891 g/mol. The monoisotopic (exact) mass is 891 g/mol. The van der Waals surface area contributed by atoms with E-state index in [-0.39, 0.29) is 28.0 Å². The molecule has 2 aromatic rings. The zero-order valence-corrected chi connectivity index (χ0v) is 28.1. The Kier molecular flexibility index (Phi) is 8.04. The third-order valence-electron chi connectivity index (χ3n) is 7.70. The van der Waals surface area contributed by atoms with Crippen molar-refractivity contribution in [1.82, 2.24) is 0 Å². The van der Waals surface area contributed by atoms with Gasteiger partial charge in [-0.25, -0.2) is 13.2 Å². The summed E-state index contributed by atoms with van der Waals surface area (Å²) in [6.45, 7) is 4.99. The van der Waals surface area contributed by atoms with Gasteiger partial charge < -0.3 is 18.8 Å². The van der Waals surface area contributed by atoms with E-state index in [1.807, 2.05) is 6.07 Å². The maximum absolute atomic E-state index is 13.5. The third kappa shape index (κ3) is 5.22. The third-order valence-corrected chi connectivity index (χ3v) is 12.3. The predicted octanol–water partition coefficient (Wildman–Crippen LogP) is 4.77. The Labute approximate surface area is 266 Å². The van der Waals surface area contributed by atoms with E-state index in [1.54, 1.807) is 19.9 Å². The molecule has 0 aromatic heterocycles. The van der Waals surface area contributed by atoms with Gasteiger partial charge in [0.15, 0.2) is 0 Å². The zero-order chi connectivity index (χ0) is 28.5. The summed E-state index contributed by atoms with van der Waals surface area (Å²) in [4.78, 5) is 39.1. The molecule has 0 N–H and O–H groups in total. The standard InChI is InChI=1S/C26H23I3O9S/c1-9(2)11-7-18(10(3)4-19(11)39(33,34)35)36-25(31)20-13-5-14-21(20)26(32)38-23(14)22(13)37-24(30)12-6-16(28)17(29)8-15(12)27/h4,6-9,13-14,20-23H,5H2,1-3H3,(H,33,34,35)/p-1. The molecule has 0 amide bonds. The van der Waals surface area contributed by atoms with E-state index in [0.717, 1.165) is 10.7 Å². The smallest absolute Gasteiger partial charge is 0.339 e. The first-order valence-electron chi connectivity index (χ1n) is 12.1. The van der Waals surface area contributed by atoms with Crippen LogP contribution in [0.15, 0.2) is 29.2 Å². The van der Waals surface area contributed by atoms with Gasteiger partial charge in [-0.1, -0.05) is 13.8 Å². The number of hydrogen-bond donors (Lipinski definition) is 0. The first kappa shape index (κ1) is 29.4. The Balaban J connectivity index is 1.42. The van der Waals surface area contributed by atoms with Gasteiger partial charge in [0, 0.05) is 22.5 Å². The van der Waals surface area contributed by atoms with Crippen LogP contribution in [-0.2, 0) is 29.2 Å². The molecule has 9 nitrogen and oxygen atoms in total. The zero-order valence-electron chi connectivity index (χ0n) is 20.8. The molecule has 2 bridgehead atoms. The minimum absolute atomic E-state index is 0.110. The minimum atomic E-state index is -4.73. The lowest BCUT2D eigenvalue weighted by Gasteiger charge is -2.30. The molecule has 208 valence electrons. The lowest BCUT2D eigenvalue weighted by atomic mass is 9.78. The number of esters is 3. The van der Waals surface area contributed by atoms with Crippen LogP contribution in [0.2, 0.25) is 0 Å². The largest absolute Gasteiger partial charge is 0.744 e. The van der Waals surface area contributed by atoms with Crippen molar-refractivity contribution in [3.63, 3.8) is 0 Å². The van der Waals surface area contributed by atoms with E-state index < -0.39 is 58.0 Å². The molecule has 2 aromatic carbocycles. The number of ether oxygens (including phenoxy) is 3. The van der Waals surface area contributed by atoms with Crippen molar-refractivity contribution in [1.29, 1.82) is 0 Å². The molecular weight excluding hydrogens is 869 g/mol. The molecular formula is C26H22I3O9S-. The molecule has 6 unspecified atom stereocenters. The highest BCUT2D eigenvalue weighted by Crippen LogP contribution is 2.59. The summed E-state index contributed by atoms with van der Waals surface area (Å²) in [6.07, 6.45) is -0.934. The Hall–Kier alpha value is -1.05. The highest BCUT2D eigenvalue weighted by Gasteiger charge is 2.70. The second-order valence-electron chi connectivity index (χ2n) is 10.3. The molecule has 3 fully saturated rings. The van der Waals surface area contributed by atoms with Crippen LogP contribution < -0.4 is 4.74 Å². The summed E-state index contributed by atoms with van der Waals surface area (Å²) in [7, 11) is -4.73. The molecule has 1 heterocycles. The summed E-state index contributed by atoms with van der Waals surface area (Å²) in [6, 6.07) is 6.22. The maximum atomic E-state index is 13.5. The lowest BCUT2D eigenvalue weighted by Crippen LogP contribution is -2.44. The van der Waals surface area contributed by atoms with Crippen LogP contribution in [0, 0.1) is 41.3 Å². The Morgan fingerprint density at radius 2 is 1.72 bits per heavy atom. The quantitative estimate of drug-likeness (QED) is 0.132. The topological polar surface area (TPSA) is 136 Å². The van der Waals surface area contributed by atoms with Crippen LogP contribution >= 0.6 is 67.8 Å². The Morgan fingerprint density at radius 1 is 1.05 bits per heavy atom. The van der Waals surface area contributed by atoms with Crippen LogP contribution in [-0.4, -0.2) is 43.1 Å². The van der Waals surface area contributed by atoms with Crippen LogP contribution in [0.5, 0.6) is 5.75 Å². The normalized spacial score (nSPS) is 27.1. The van der Waals surface area contributed by atoms with Crippen LogP contribution in [0.25, 0.3) is 0 Å². The van der Waals surface area contributed by atoms with E-state index in [0.29, 0.717) is 17.5 Å². The Morgan fingerprint density at radius 3 is 2.36 bits per heavy atom. The first-order valence-corrected chi connectivity index (χ1v) is 16.7. The SMILES string of the molecule is Cc1cc(S(=O)(=O)[O-])c(C(C)C)cc1OC(=O)C1C2CC3C(OC(=O)C31)C2OC(=O)c1cc(I)c(I)cc1I. The molecule has 0 radical (unpaired) electrons. The van der Waals surface area contributed by atoms with Gasteiger partial charge in [0.05, 0.1) is 22.3 Å². The van der Waals surface area contributed by atoms with Crippen molar-refractivity contribution in [2.24, 2.45) is 23.7 Å². The van der Waals surface area contributed by atoms with Gasteiger partial charge in [-0.2, -0.15) is 0 Å². The molecule has 0 spiro atoms. The lowest BCUT2D eigenvalue weighted by molar-refractivity contribution is -0.149. The molecule has 1 saturated heterocycles. The molecule has 13 heteroatoms. The number of carbonyl (C=O) groups excluding carboxylic acids is 3. The van der Waals surface area contributed by atoms with Gasteiger partial charge in [-0.3, -0.25) is 9.59 Å². The van der Waals surface area contributed by atoms with Crippen LogP contribution in [0.1, 0.15) is 47.7 Å². The van der Waals surface area contributed by atoms with Crippen LogP contribution in [0.3, 0.4) is 0 Å². The molecule has 5 rings (SSSR count). The average Bonchev–Trinajstić information content (AvgIpc) is 3.45. The fourth-order valence-electron chi connectivity index (χ4n) is 5.97. The predicted molar refractivity (Wildman–Crippen MR) is 161 cm³/mol. The summed E-state index contributed by atoms with van der Waals surface area (Å²) in [5, 5.41) is 0. The van der Waals surface area contributed by atoms with Crippen molar-refractivity contribution in [3.8, 4) is 5.75 Å². The Bertz CT molecular complexity index is 1520. The van der Waals surface area contributed by atoms with Crippen molar-refractivity contribution in [3.05, 3.63) is 51.7 Å². The van der Waals surface area contributed by atoms with Gasteiger partial charge in [-0.15, -0.1) is 0 Å². The molecule has 39 heavy (non-hydrogen) atoms. The van der Waals surface area contributed by atoms with Crippen molar-refractivity contribution in [2.45, 2.75) is 50.2 Å². The van der Waals surface area contributed by atoms with Gasteiger partial charge in [-0.05, 0) is 122 Å². The summed E-state index contributed by atoms with van der Waals surface area (Å²) >= 11 is 6.40. The fraction of sp³-hybridized carbons (Fsp3) is 0.423. The summed E-state index contributed by atoms with van der Waals surface area (Å²) < 4.78 is 55.2. The minimum Gasteiger partial charge on any atom is -0.744 e. The molecule has 3 aliphatic rings. The number of halogens is 3. The van der Waals surface area contributed by atoms with E-state index in [1.165, 1.54) is 19.1 Å². The molecule has 2 aliphatic carbocycles. The second kappa shape index (κ2) is 10.7. The number of benzene rings is 2. The van der Waals surface area contributed by atoms with Gasteiger partial charge in [0.25, 0.3) is 0 Å². The van der Waals surface area contributed by atoms with E-state index in [4.69, 9.17) is 14.2 Å².